The van der Waals surface area contributed by atoms with Gasteiger partial charge in [-0.1, -0.05) is 0 Å². The molecule has 0 bridgehead atoms. The summed E-state index contributed by atoms with van der Waals surface area (Å²) in [5, 5.41) is 9.78. The second kappa shape index (κ2) is 10.2. The quantitative estimate of drug-likeness (QED) is 0.204. The lowest BCUT2D eigenvalue weighted by Crippen LogP contribution is -2.21. The fourth-order valence-electron chi connectivity index (χ4n) is 2.91. The Balaban J connectivity index is 0.000000440. The number of alkyl halides is 3. The van der Waals surface area contributed by atoms with Crippen LogP contribution in [0.2, 0.25) is 0 Å². The summed E-state index contributed by atoms with van der Waals surface area (Å²) >= 11 is 0. The van der Waals surface area contributed by atoms with E-state index in [0.29, 0.717) is 16.0 Å². The molecule has 3 aromatic carbocycles. The first-order valence-corrected chi connectivity index (χ1v) is 11.6. The molecule has 0 heterocycles. The van der Waals surface area contributed by atoms with Gasteiger partial charge in [-0.15, -0.1) is 0 Å². The van der Waals surface area contributed by atoms with Gasteiger partial charge in [0.25, 0.3) is 0 Å². The van der Waals surface area contributed by atoms with Gasteiger partial charge in [0.2, 0.25) is 0 Å². The van der Waals surface area contributed by atoms with E-state index in [-0.39, 0.29) is 15.5 Å². The normalized spacial score (nSPS) is 11.9. The zero-order chi connectivity index (χ0) is 26.0. The molecule has 0 radical (unpaired) electrons. The highest BCUT2D eigenvalue weighted by atomic mass is 32.2. The summed E-state index contributed by atoms with van der Waals surface area (Å²) in [5.74, 6) is -3.05. The first kappa shape index (κ1) is 27.5. The van der Waals surface area contributed by atoms with Crippen molar-refractivity contribution in [3.05, 3.63) is 82.9 Å². The van der Waals surface area contributed by atoms with Crippen LogP contribution >= 0.6 is 0 Å². The lowest BCUT2D eigenvalue weighted by atomic mass is 10.1. The molecular weight excluding hydrogens is 513 g/mol. The molecule has 3 aromatic rings. The van der Waals surface area contributed by atoms with E-state index < -0.39 is 49.8 Å². The Hall–Kier alpha value is -2.77. The number of phenols is 1. The molecule has 0 aliphatic heterocycles. The summed E-state index contributed by atoms with van der Waals surface area (Å²) < 4.78 is 114. The summed E-state index contributed by atoms with van der Waals surface area (Å²) in [5.41, 5.74) is -4.34. The molecule has 0 atom stereocenters. The summed E-state index contributed by atoms with van der Waals surface area (Å²) in [6.07, 6.45) is 0. The number of phenolic OH excluding ortho intramolecular Hbond substituents is 1. The molecule has 0 saturated heterocycles. The van der Waals surface area contributed by atoms with Crippen LogP contribution in [0, 0.1) is 37.1 Å². The van der Waals surface area contributed by atoms with E-state index in [1.165, 1.54) is 12.1 Å². The predicted molar refractivity (Wildman–Crippen MR) is 108 cm³/mol. The van der Waals surface area contributed by atoms with Crippen LogP contribution in [0.4, 0.5) is 30.7 Å². The molecule has 0 unspecified atom stereocenters. The van der Waals surface area contributed by atoms with Crippen LogP contribution in [-0.4, -0.2) is 23.6 Å². The maximum atomic E-state index is 13.8. The molecule has 4 nitrogen and oxygen atoms in total. The fraction of sp³-hybridized carbons (Fsp3) is 0.143. The van der Waals surface area contributed by atoms with Gasteiger partial charge in [0.15, 0.2) is 24.8 Å². The van der Waals surface area contributed by atoms with Crippen LogP contribution in [0.5, 0.6) is 5.75 Å². The third-order valence-electron chi connectivity index (χ3n) is 4.08. The Morgan fingerprint density at radius 3 is 1.29 bits per heavy atom. The zero-order valence-corrected chi connectivity index (χ0v) is 18.9. The number of halogens is 7. The van der Waals surface area contributed by atoms with Gasteiger partial charge in [0.05, 0.1) is 0 Å². The van der Waals surface area contributed by atoms with Crippen molar-refractivity contribution in [2.24, 2.45) is 0 Å². The van der Waals surface area contributed by atoms with E-state index >= 15 is 0 Å². The van der Waals surface area contributed by atoms with Gasteiger partial charge in [0, 0.05) is 47.5 Å². The Bertz CT molecular complexity index is 1190. The third-order valence-corrected chi connectivity index (χ3v) is 7.11. The van der Waals surface area contributed by atoms with E-state index in [4.69, 9.17) is 13.0 Å². The van der Waals surface area contributed by atoms with Crippen LogP contribution in [0.25, 0.3) is 0 Å². The molecule has 0 saturated carbocycles. The molecule has 3 rings (SSSR count). The van der Waals surface area contributed by atoms with Crippen molar-refractivity contribution in [3.8, 4) is 5.75 Å². The standard InChI is InChI=1S/C20H14F4OS.CHF3O3S/c1-11-3-17(25)4-12(2)20(11)26(18-7-13(21)5-14(22)8-18)19-9-15(23)6-16(24)10-19;2-1(3,4)8(5,6)7/h3-10H,1-2H3;(H,5,6,7). The summed E-state index contributed by atoms with van der Waals surface area (Å²) in [4.78, 5) is 1.16. The lowest BCUT2D eigenvalue weighted by Gasteiger charge is -2.13. The number of hydrogen-bond donors (Lipinski definition) is 1. The van der Waals surface area contributed by atoms with Crippen molar-refractivity contribution in [3.63, 3.8) is 0 Å². The number of hydrogen-bond acceptors (Lipinski definition) is 4. The smallest absolute Gasteiger partial charge is 0.485 e. The van der Waals surface area contributed by atoms with E-state index in [0.717, 1.165) is 36.4 Å². The van der Waals surface area contributed by atoms with E-state index in [1.54, 1.807) is 13.8 Å². The van der Waals surface area contributed by atoms with Gasteiger partial charge in [-0.05, 0) is 26.0 Å². The first-order chi connectivity index (χ1) is 15.5. The fourth-order valence-corrected chi connectivity index (χ4v) is 5.34. The highest BCUT2D eigenvalue weighted by Crippen LogP contribution is 2.37. The van der Waals surface area contributed by atoms with Gasteiger partial charge in [-0.3, -0.25) is 0 Å². The number of aromatic hydroxyl groups is 1. The van der Waals surface area contributed by atoms with E-state index in [9.17, 15) is 35.8 Å². The number of benzene rings is 3. The third kappa shape index (κ3) is 6.87. The second-order valence-electron chi connectivity index (χ2n) is 6.83. The second-order valence-corrected chi connectivity index (χ2v) is 10.2. The largest absolute Gasteiger partial charge is 0.741 e. The Kier molecular flexibility index (Phi) is 8.27. The molecule has 34 heavy (non-hydrogen) atoms. The van der Waals surface area contributed by atoms with Crippen molar-refractivity contribution in [1.29, 1.82) is 0 Å². The maximum Gasteiger partial charge on any atom is 0.485 e. The highest BCUT2D eigenvalue weighted by Gasteiger charge is 2.37. The van der Waals surface area contributed by atoms with Crippen LogP contribution in [0.15, 0.2) is 63.2 Å². The molecule has 0 aliphatic carbocycles. The topological polar surface area (TPSA) is 77.4 Å². The predicted octanol–water partition coefficient (Wildman–Crippen LogP) is 5.71. The van der Waals surface area contributed by atoms with Crippen molar-refractivity contribution < 1.29 is 48.8 Å². The van der Waals surface area contributed by atoms with Crippen LogP contribution < -0.4 is 0 Å². The van der Waals surface area contributed by atoms with Crippen LogP contribution in [0.1, 0.15) is 11.1 Å². The first-order valence-electron chi connectivity index (χ1n) is 8.98. The minimum absolute atomic E-state index is 0.0446. The van der Waals surface area contributed by atoms with Gasteiger partial charge in [0.1, 0.15) is 39.9 Å². The molecule has 0 aliphatic rings. The Morgan fingerprint density at radius 2 is 1.03 bits per heavy atom. The zero-order valence-electron chi connectivity index (χ0n) is 17.3. The van der Waals surface area contributed by atoms with Crippen molar-refractivity contribution in [1.82, 2.24) is 0 Å². The number of rotatable bonds is 3. The molecule has 0 fully saturated rings. The van der Waals surface area contributed by atoms with Gasteiger partial charge < -0.3 is 9.66 Å². The molecule has 0 amide bonds. The van der Waals surface area contributed by atoms with E-state index in [2.05, 4.69) is 0 Å². The lowest BCUT2D eigenvalue weighted by molar-refractivity contribution is -0.0517. The van der Waals surface area contributed by atoms with Crippen molar-refractivity contribution >= 4 is 21.0 Å². The maximum absolute atomic E-state index is 13.8. The Morgan fingerprint density at radius 1 is 0.735 bits per heavy atom. The summed E-state index contributed by atoms with van der Waals surface area (Å²) in [7, 11) is -7.25. The molecule has 0 aromatic heterocycles. The average Bonchev–Trinajstić information content (AvgIpc) is 2.61. The molecular formula is C21H15F7O4S2. The minimum atomic E-state index is -6.09. The monoisotopic (exact) mass is 528 g/mol. The highest BCUT2D eigenvalue weighted by molar-refractivity contribution is 7.97. The van der Waals surface area contributed by atoms with E-state index in [1.807, 2.05) is 0 Å². The summed E-state index contributed by atoms with van der Waals surface area (Å²) in [6, 6.07) is 9.12. The molecule has 184 valence electrons. The van der Waals surface area contributed by atoms with Crippen LogP contribution in [0.3, 0.4) is 0 Å². The minimum Gasteiger partial charge on any atom is -0.741 e. The van der Waals surface area contributed by atoms with Crippen molar-refractivity contribution in [2.45, 2.75) is 34.0 Å². The van der Waals surface area contributed by atoms with Gasteiger partial charge >= 0.3 is 5.51 Å². The number of aryl methyl sites for hydroxylation is 2. The van der Waals surface area contributed by atoms with Gasteiger partial charge in [-0.2, -0.15) is 13.2 Å². The molecule has 0 spiro atoms. The van der Waals surface area contributed by atoms with Crippen LogP contribution in [-0.2, 0) is 21.0 Å². The Labute approximate surface area is 192 Å². The SMILES string of the molecule is Cc1cc(O)cc(C)c1[S+](c1cc(F)cc(F)c1)c1cc(F)cc(F)c1.O=S(=O)([O-])C(F)(F)F. The molecule has 1 N–H and O–H groups in total. The average molecular weight is 528 g/mol. The molecule has 13 heteroatoms. The van der Waals surface area contributed by atoms with Crippen molar-refractivity contribution in [2.75, 3.05) is 0 Å². The summed E-state index contributed by atoms with van der Waals surface area (Å²) in [6.45, 7) is 3.46. The van der Waals surface area contributed by atoms with Gasteiger partial charge in [-0.25, -0.2) is 26.0 Å².